The first-order chi connectivity index (χ1) is 6.97. The molecule has 0 heterocycles. The molecule has 1 aromatic carbocycles. The van der Waals surface area contributed by atoms with Gasteiger partial charge in [-0.15, -0.1) is 0 Å². The van der Waals surface area contributed by atoms with Gasteiger partial charge in [-0.3, -0.25) is 4.79 Å². The van der Waals surface area contributed by atoms with Gasteiger partial charge in [-0.05, 0) is 24.6 Å². The molecule has 5 heteroatoms. The van der Waals surface area contributed by atoms with Crippen LogP contribution >= 0.6 is 0 Å². The predicted molar refractivity (Wildman–Crippen MR) is 52.1 cm³/mol. The van der Waals surface area contributed by atoms with Crippen LogP contribution in [0.5, 0.6) is 11.5 Å². The molecule has 1 aromatic rings. The summed E-state index contributed by atoms with van der Waals surface area (Å²) < 4.78 is 4.46. The van der Waals surface area contributed by atoms with Crippen molar-refractivity contribution >= 4 is 5.97 Å². The molecule has 0 saturated carbocycles. The first-order valence-corrected chi connectivity index (χ1v) is 4.12. The fraction of sp³-hybridized carbons (Fsp3) is 0.200. The van der Waals surface area contributed by atoms with Crippen molar-refractivity contribution in [1.82, 2.24) is 0 Å². The summed E-state index contributed by atoms with van der Waals surface area (Å²) in [5, 5.41) is 18.4. The van der Waals surface area contributed by atoms with Crippen LogP contribution in [0.4, 0.5) is 0 Å². The summed E-state index contributed by atoms with van der Waals surface area (Å²) in [6.07, 6.45) is 0. The summed E-state index contributed by atoms with van der Waals surface area (Å²) in [6, 6.07) is 2.05. The van der Waals surface area contributed by atoms with Crippen molar-refractivity contribution in [2.75, 3.05) is 7.11 Å². The number of carbonyl (C=O) groups excluding carboxylic acids is 1. The summed E-state index contributed by atoms with van der Waals surface area (Å²) in [6.45, 7) is 1.51. The van der Waals surface area contributed by atoms with E-state index in [0.717, 1.165) is 12.1 Å². The smallest absolute Gasteiger partial charge is 0.338 e. The molecule has 5 nitrogen and oxygen atoms in total. The van der Waals surface area contributed by atoms with Gasteiger partial charge in [0.25, 0.3) is 0 Å². The quantitative estimate of drug-likeness (QED) is 0.661. The molecule has 0 aliphatic heterocycles. The highest BCUT2D eigenvalue weighted by Gasteiger charge is 2.12. The topological polar surface area (TPSA) is 83.8 Å². The van der Waals surface area contributed by atoms with Crippen LogP contribution in [0, 0.1) is 6.92 Å². The molecular formula is C10H10O5. The van der Waals surface area contributed by atoms with E-state index >= 15 is 0 Å². The number of hydrogen-bond acceptors (Lipinski definition) is 5. The van der Waals surface area contributed by atoms with Crippen LogP contribution < -0.4 is 5.43 Å². The van der Waals surface area contributed by atoms with Crippen molar-refractivity contribution in [2.45, 2.75) is 6.92 Å². The Labute approximate surface area is 85.6 Å². The lowest BCUT2D eigenvalue weighted by atomic mass is 10.2. The van der Waals surface area contributed by atoms with Gasteiger partial charge in [-0.25, -0.2) is 4.79 Å². The Morgan fingerprint density at radius 3 is 2.47 bits per heavy atom. The number of methoxy groups -OCH3 is 1. The monoisotopic (exact) mass is 210 g/mol. The van der Waals surface area contributed by atoms with Crippen LogP contribution in [0.25, 0.3) is 0 Å². The van der Waals surface area contributed by atoms with E-state index in [1.165, 1.54) is 14.0 Å². The second kappa shape index (κ2) is 4.00. The van der Waals surface area contributed by atoms with E-state index in [-0.39, 0.29) is 5.56 Å². The van der Waals surface area contributed by atoms with E-state index in [4.69, 9.17) is 5.11 Å². The molecule has 0 atom stereocenters. The lowest BCUT2D eigenvalue weighted by Gasteiger charge is -1.98. The Morgan fingerprint density at radius 2 is 1.93 bits per heavy atom. The average Bonchev–Trinajstić information content (AvgIpc) is 2.30. The van der Waals surface area contributed by atoms with E-state index < -0.39 is 22.9 Å². The van der Waals surface area contributed by atoms with Crippen LogP contribution in [-0.4, -0.2) is 23.3 Å². The molecule has 15 heavy (non-hydrogen) atoms. The molecule has 0 amide bonds. The highest BCUT2D eigenvalue weighted by Crippen LogP contribution is 2.21. The van der Waals surface area contributed by atoms with Gasteiger partial charge in [-0.2, -0.15) is 0 Å². The van der Waals surface area contributed by atoms with E-state index in [2.05, 4.69) is 4.74 Å². The molecule has 0 aliphatic carbocycles. The van der Waals surface area contributed by atoms with Gasteiger partial charge in [0.2, 0.25) is 11.2 Å². The van der Waals surface area contributed by atoms with Gasteiger partial charge in [-0.1, -0.05) is 0 Å². The summed E-state index contributed by atoms with van der Waals surface area (Å²) in [5.74, 6) is -2.11. The third-order valence-electron chi connectivity index (χ3n) is 1.93. The lowest BCUT2D eigenvalue weighted by Crippen LogP contribution is -2.02. The van der Waals surface area contributed by atoms with Gasteiger partial charge in [0.1, 0.15) is 0 Å². The Balaban J connectivity index is 3.58. The maximum Gasteiger partial charge on any atom is 0.338 e. The lowest BCUT2D eigenvalue weighted by molar-refractivity contribution is 0.0599. The van der Waals surface area contributed by atoms with E-state index in [1.54, 1.807) is 0 Å². The molecule has 0 saturated heterocycles. The number of ether oxygens (including phenoxy) is 1. The molecule has 1 rings (SSSR count). The van der Waals surface area contributed by atoms with E-state index in [1.807, 2.05) is 0 Å². The maximum atomic E-state index is 11.2. The summed E-state index contributed by atoms with van der Waals surface area (Å²) >= 11 is 0. The second-order valence-corrected chi connectivity index (χ2v) is 2.98. The molecule has 0 spiro atoms. The maximum absolute atomic E-state index is 11.2. The van der Waals surface area contributed by atoms with Gasteiger partial charge >= 0.3 is 5.97 Å². The van der Waals surface area contributed by atoms with Crippen LogP contribution in [0.15, 0.2) is 16.9 Å². The molecule has 0 aliphatic rings. The molecule has 0 radical (unpaired) electrons. The van der Waals surface area contributed by atoms with Crippen molar-refractivity contribution in [3.05, 3.63) is 33.5 Å². The van der Waals surface area contributed by atoms with Gasteiger partial charge in [0.05, 0.1) is 12.7 Å². The Hall–Kier alpha value is -2.04. The Kier molecular flexibility index (Phi) is 2.94. The standard InChI is InChI=1S/C10H10O5/c1-5-3-7(11)9(13)8(12)4-6(5)10(14)15-2/h3-4H,1-2H3,(H2,11,12,13). The van der Waals surface area contributed by atoms with E-state index in [9.17, 15) is 14.7 Å². The largest absolute Gasteiger partial charge is 0.504 e. The van der Waals surface area contributed by atoms with Crippen molar-refractivity contribution in [3.8, 4) is 11.5 Å². The molecule has 0 fully saturated rings. The SMILES string of the molecule is COC(=O)c1cc(O)c(O)c(=O)cc1C. The Bertz CT molecular complexity index is 464. The number of aromatic hydroxyl groups is 2. The fourth-order valence-corrected chi connectivity index (χ4v) is 1.12. The number of rotatable bonds is 1. The molecule has 80 valence electrons. The number of hydrogen-bond donors (Lipinski definition) is 2. The van der Waals surface area contributed by atoms with E-state index in [0.29, 0.717) is 5.56 Å². The molecule has 0 unspecified atom stereocenters. The summed E-state index contributed by atoms with van der Waals surface area (Å²) in [4.78, 5) is 22.4. The predicted octanol–water partition coefficient (Wildman–Crippen LogP) is 0.553. The number of aryl methyl sites for hydroxylation is 1. The first-order valence-electron chi connectivity index (χ1n) is 4.12. The molecule has 0 aromatic heterocycles. The van der Waals surface area contributed by atoms with Crippen LogP contribution in [0.1, 0.15) is 15.9 Å². The first kappa shape index (κ1) is 11.0. The normalized spacial score (nSPS) is 9.73. The second-order valence-electron chi connectivity index (χ2n) is 2.98. The molecular weight excluding hydrogens is 200 g/mol. The highest BCUT2D eigenvalue weighted by molar-refractivity contribution is 5.91. The van der Waals surface area contributed by atoms with Crippen molar-refractivity contribution in [3.63, 3.8) is 0 Å². The zero-order valence-electron chi connectivity index (χ0n) is 8.27. The third-order valence-corrected chi connectivity index (χ3v) is 1.93. The third kappa shape index (κ3) is 2.07. The van der Waals surface area contributed by atoms with Crippen LogP contribution in [0.3, 0.4) is 0 Å². The van der Waals surface area contributed by atoms with Gasteiger partial charge in [0, 0.05) is 0 Å². The zero-order chi connectivity index (χ0) is 11.6. The van der Waals surface area contributed by atoms with Crippen molar-refractivity contribution < 1.29 is 19.7 Å². The minimum Gasteiger partial charge on any atom is -0.504 e. The molecule has 2 N–H and O–H groups in total. The van der Waals surface area contributed by atoms with Crippen LogP contribution in [0.2, 0.25) is 0 Å². The summed E-state index contributed by atoms with van der Waals surface area (Å²) in [7, 11) is 1.18. The van der Waals surface area contributed by atoms with Crippen molar-refractivity contribution in [2.24, 2.45) is 0 Å². The Morgan fingerprint density at radius 1 is 1.33 bits per heavy atom. The average molecular weight is 210 g/mol. The van der Waals surface area contributed by atoms with Crippen molar-refractivity contribution in [1.29, 1.82) is 0 Å². The zero-order valence-corrected chi connectivity index (χ0v) is 8.27. The minimum atomic E-state index is -0.784. The summed E-state index contributed by atoms with van der Waals surface area (Å²) in [5.41, 5.74) is -0.394. The van der Waals surface area contributed by atoms with Gasteiger partial charge < -0.3 is 14.9 Å². The fourth-order valence-electron chi connectivity index (χ4n) is 1.12. The van der Waals surface area contributed by atoms with Crippen LogP contribution in [-0.2, 0) is 4.74 Å². The number of esters is 1. The minimum absolute atomic E-state index is 0.0346. The number of carbonyl (C=O) groups is 1. The van der Waals surface area contributed by atoms with Gasteiger partial charge in [0.15, 0.2) is 5.75 Å². The highest BCUT2D eigenvalue weighted by atomic mass is 16.5. The molecule has 0 bridgehead atoms.